The Bertz CT molecular complexity index is 531. The molecule has 90 valence electrons. The van der Waals surface area contributed by atoms with Crippen molar-refractivity contribution in [1.82, 2.24) is 19.7 Å². The summed E-state index contributed by atoms with van der Waals surface area (Å²) in [6, 6.07) is 0. The fourth-order valence-corrected chi connectivity index (χ4v) is 1.72. The van der Waals surface area contributed by atoms with Gasteiger partial charge in [0.1, 0.15) is 11.6 Å². The van der Waals surface area contributed by atoms with Gasteiger partial charge in [-0.3, -0.25) is 9.67 Å². The van der Waals surface area contributed by atoms with Gasteiger partial charge in [0.2, 0.25) is 0 Å². The third kappa shape index (κ3) is 2.35. The van der Waals surface area contributed by atoms with Crippen molar-refractivity contribution in [3.05, 3.63) is 29.3 Å². The average Bonchev–Trinajstić information content (AvgIpc) is 2.51. The number of hydrogen-bond donors (Lipinski definition) is 2. The van der Waals surface area contributed by atoms with Crippen molar-refractivity contribution >= 4 is 11.6 Å². The Morgan fingerprint density at radius 3 is 2.71 bits per heavy atom. The number of nitrogen functional groups attached to an aromatic ring is 1. The van der Waals surface area contributed by atoms with Crippen molar-refractivity contribution in [1.29, 1.82) is 0 Å². The van der Waals surface area contributed by atoms with Gasteiger partial charge < -0.3 is 11.1 Å². The molecule has 17 heavy (non-hydrogen) atoms. The lowest BCUT2D eigenvalue weighted by Gasteiger charge is -2.06. The Morgan fingerprint density at radius 2 is 2.12 bits per heavy atom. The lowest BCUT2D eigenvalue weighted by atomic mass is 10.2. The molecule has 0 aliphatic rings. The maximum atomic E-state index is 5.56. The number of nitrogens with two attached hydrogens (primary N) is 1. The molecule has 0 unspecified atom stereocenters. The molecule has 0 saturated carbocycles. The third-order valence-corrected chi connectivity index (χ3v) is 2.76. The molecular formula is C11H16N6. The SMILES string of the molecule is Cc1nn(C)c(C)c1CNc1cncc(N)n1. The highest BCUT2D eigenvalue weighted by Gasteiger charge is 2.08. The standard InChI is InChI=1S/C11H16N6/c1-7-9(8(2)17(3)16-7)4-14-11-6-13-5-10(12)15-11/h5-6H,4H2,1-3H3,(H3,12,14,15). The molecule has 2 aromatic heterocycles. The topological polar surface area (TPSA) is 81.7 Å². The molecule has 0 amide bonds. The Labute approximate surface area is 99.9 Å². The van der Waals surface area contributed by atoms with E-state index >= 15 is 0 Å². The number of rotatable bonds is 3. The predicted octanol–water partition coefficient (Wildman–Crippen LogP) is 1.02. The van der Waals surface area contributed by atoms with E-state index in [4.69, 9.17) is 5.73 Å². The lowest BCUT2D eigenvalue weighted by molar-refractivity contribution is 0.730. The summed E-state index contributed by atoms with van der Waals surface area (Å²) in [6.45, 7) is 4.71. The molecule has 0 aromatic carbocycles. The fourth-order valence-electron chi connectivity index (χ4n) is 1.72. The summed E-state index contributed by atoms with van der Waals surface area (Å²) in [4.78, 5) is 8.11. The molecule has 0 fully saturated rings. The molecular weight excluding hydrogens is 216 g/mol. The Balaban J connectivity index is 2.12. The first-order valence-electron chi connectivity index (χ1n) is 5.38. The van der Waals surface area contributed by atoms with Gasteiger partial charge in [-0.15, -0.1) is 0 Å². The highest BCUT2D eigenvalue weighted by atomic mass is 15.3. The number of hydrogen-bond acceptors (Lipinski definition) is 5. The Morgan fingerprint density at radius 1 is 1.35 bits per heavy atom. The van der Waals surface area contributed by atoms with Crippen molar-refractivity contribution in [2.75, 3.05) is 11.1 Å². The monoisotopic (exact) mass is 232 g/mol. The van der Waals surface area contributed by atoms with Crippen LogP contribution in [0.25, 0.3) is 0 Å². The summed E-state index contributed by atoms with van der Waals surface area (Å²) >= 11 is 0. The van der Waals surface area contributed by atoms with Crippen molar-refractivity contribution in [2.24, 2.45) is 7.05 Å². The van der Waals surface area contributed by atoms with Crippen LogP contribution in [0.4, 0.5) is 11.6 Å². The van der Waals surface area contributed by atoms with E-state index in [9.17, 15) is 0 Å². The van der Waals surface area contributed by atoms with Crippen LogP contribution in [0.3, 0.4) is 0 Å². The van der Waals surface area contributed by atoms with E-state index in [1.165, 1.54) is 11.8 Å². The molecule has 0 bridgehead atoms. The van der Waals surface area contributed by atoms with Gasteiger partial charge in [0.05, 0.1) is 18.1 Å². The van der Waals surface area contributed by atoms with Gasteiger partial charge >= 0.3 is 0 Å². The van der Waals surface area contributed by atoms with Crippen molar-refractivity contribution in [3.63, 3.8) is 0 Å². The molecule has 6 heteroatoms. The van der Waals surface area contributed by atoms with Crippen LogP contribution >= 0.6 is 0 Å². The van der Waals surface area contributed by atoms with Crippen molar-refractivity contribution < 1.29 is 0 Å². The number of anilines is 2. The van der Waals surface area contributed by atoms with Crippen LogP contribution in [0.15, 0.2) is 12.4 Å². The Hall–Kier alpha value is -2.11. The molecule has 3 N–H and O–H groups in total. The molecule has 2 heterocycles. The van der Waals surface area contributed by atoms with E-state index in [0.29, 0.717) is 18.2 Å². The average molecular weight is 232 g/mol. The maximum Gasteiger partial charge on any atom is 0.147 e. The molecule has 0 spiro atoms. The van der Waals surface area contributed by atoms with Crippen LogP contribution in [-0.2, 0) is 13.6 Å². The molecule has 0 aliphatic carbocycles. The zero-order chi connectivity index (χ0) is 12.4. The molecule has 0 aliphatic heterocycles. The summed E-state index contributed by atoms with van der Waals surface area (Å²) in [5, 5.41) is 7.55. The molecule has 0 saturated heterocycles. The van der Waals surface area contributed by atoms with Crippen LogP contribution in [0.5, 0.6) is 0 Å². The minimum Gasteiger partial charge on any atom is -0.382 e. The summed E-state index contributed by atoms with van der Waals surface area (Å²) in [7, 11) is 1.94. The number of aryl methyl sites for hydroxylation is 2. The van der Waals surface area contributed by atoms with Gasteiger partial charge in [-0.05, 0) is 13.8 Å². The molecule has 0 atom stereocenters. The van der Waals surface area contributed by atoms with Crippen molar-refractivity contribution in [3.8, 4) is 0 Å². The van der Waals surface area contributed by atoms with Crippen LogP contribution in [0.1, 0.15) is 17.0 Å². The first kappa shape index (κ1) is 11.4. The fraction of sp³-hybridized carbons (Fsp3) is 0.364. The summed E-state index contributed by atoms with van der Waals surface area (Å²) in [5.74, 6) is 1.09. The summed E-state index contributed by atoms with van der Waals surface area (Å²) in [5.41, 5.74) is 8.91. The van der Waals surface area contributed by atoms with Crippen molar-refractivity contribution in [2.45, 2.75) is 20.4 Å². The van der Waals surface area contributed by atoms with Gasteiger partial charge in [0.25, 0.3) is 0 Å². The van der Waals surface area contributed by atoms with Gasteiger partial charge in [-0.2, -0.15) is 5.10 Å². The molecule has 0 radical (unpaired) electrons. The van der Waals surface area contributed by atoms with Gasteiger partial charge in [0.15, 0.2) is 0 Å². The van der Waals surface area contributed by atoms with Crippen LogP contribution in [0, 0.1) is 13.8 Å². The highest BCUT2D eigenvalue weighted by Crippen LogP contribution is 2.13. The molecule has 2 aromatic rings. The predicted molar refractivity (Wildman–Crippen MR) is 66.5 cm³/mol. The lowest BCUT2D eigenvalue weighted by Crippen LogP contribution is -2.05. The second-order valence-corrected chi connectivity index (χ2v) is 3.96. The quantitative estimate of drug-likeness (QED) is 0.825. The number of aromatic nitrogens is 4. The number of nitrogens with zero attached hydrogens (tertiary/aromatic N) is 4. The van der Waals surface area contributed by atoms with E-state index in [2.05, 4.69) is 20.4 Å². The Kier molecular flexibility index (Phi) is 2.95. The van der Waals surface area contributed by atoms with E-state index in [1.807, 2.05) is 25.6 Å². The highest BCUT2D eigenvalue weighted by molar-refractivity contribution is 5.40. The summed E-state index contributed by atoms with van der Waals surface area (Å²) in [6.07, 6.45) is 3.17. The van der Waals surface area contributed by atoms with E-state index < -0.39 is 0 Å². The maximum absolute atomic E-state index is 5.56. The molecule has 2 rings (SSSR count). The van der Waals surface area contributed by atoms with Gasteiger partial charge in [0, 0.05) is 24.8 Å². The second-order valence-electron chi connectivity index (χ2n) is 3.96. The third-order valence-electron chi connectivity index (χ3n) is 2.76. The second kappa shape index (κ2) is 4.40. The zero-order valence-corrected chi connectivity index (χ0v) is 10.2. The van der Waals surface area contributed by atoms with Gasteiger partial charge in [-0.25, -0.2) is 4.98 Å². The first-order valence-corrected chi connectivity index (χ1v) is 5.38. The minimum absolute atomic E-state index is 0.412. The first-order chi connectivity index (χ1) is 8.08. The van der Waals surface area contributed by atoms with E-state index in [0.717, 1.165) is 11.4 Å². The minimum atomic E-state index is 0.412. The molecule has 6 nitrogen and oxygen atoms in total. The smallest absolute Gasteiger partial charge is 0.147 e. The normalized spacial score (nSPS) is 10.5. The van der Waals surface area contributed by atoms with E-state index in [-0.39, 0.29) is 0 Å². The van der Waals surface area contributed by atoms with Gasteiger partial charge in [-0.1, -0.05) is 0 Å². The summed E-state index contributed by atoms with van der Waals surface area (Å²) < 4.78 is 1.87. The van der Waals surface area contributed by atoms with Crippen LogP contribution < -0.4 is 11.1 Å². The number of nitrogens with one attached hydrogen (secondary N) is 1. The van der Waals surface area contributed by atoms with E-state index in [1.54, 1.807) is 6.20 Å². The largest absolute Gasteiger partial charge is 0.382 e. The van der Waals surface area contributed by atoms with Crippen LogP contribution in [-0.4, -0.2) is 19.7 Å². The zero-order valence-electron chi connectivity index (χ0n) is 10.2. The van der Waals surface area contributed by atoms with Crippen LogP contribution in [0.2, 0.25) is 0 Å².